The third-order valence-corrected chi connectivity index (χ3v) is 3.42. The van der Waals surface area contributed by atoms with Crippen LogP contribution in [0.25, 0.3) is 0 Å². The molecule has 0 spiro atoms. The van der Waals surface area contributed by atoms with E-state index < -0.39 is 5.82 Å². The van der Waals surface area contributed by atoms with Crippen LogP contribution < -0.4 is 10.6 Å². The highest BCUT2D eigenvalue weighted by Gasteiger charge is 2.27. The summed E-state index contributed by atoms with van der Waals surface area (Å²) in [7, 11) is 1.82. The summed E-state index contributed by atoms with van der Waals surface area (Å²) in [5.74, 6) is 2.30. The second-order valence-electron chi connectivity index (χ2n) is 4.77. The predicted octanol–water partition coefficient (Wildman–Crippen LogP) is 3.93. The quantitative estimate of drug-likeness (QED) is 0.896. The van der Waals surface area contributed by atoms with Crippen LogP contribution in [-0.2, 0) is 0 Å². The first-order chi connectivity index (χ1) is 9.65. The zero-order valence-electron chi connectivity index (χ0n) is 11.0. The molecule has 1 aromatic carbocycles. The van der Waals surface area contributed by atoms with Crippen LogP contribution in [0.2, 0.25) is 5.02 Å². The molecule has 0 bridgehead atoms. The third-order valence-electron chi connectivity index (χ3n) is 3.13. The molecule has 2 aromatic rings. The molecule has 1 heterocycles. The Morgan fingerprint density at radius 3 is 2.60 bits per heavy atom. The highest BCUT2D eigenvalue weighted by Crippen LogP contribution is 2.39. The number of nitrogens with zero attached hydrogens (tertiary/aromatic N) is 2. The summed E-state index contributed by atoms with van der Waals surface area (Å²) in [6.45, 7) is 0. The first kappa shape index (κ1) is 13.1. The number of rotatable bonds is 4. The van der Waals surface area contributed by atoms with E-state index in [1.165, 1.54) is 12.1 Å². The van der Waals surface area contributed by atoms with Crippen LogP contribution in [-0.4, -0.2) is 17.0 Å². The molecule has 3 rings (SSSR count). The Hall–Kier alpha value is -1.88. The van der Waals surface area contributed by atoms with E-state index in [2.05, 4.69) is 20.6 Å². The molecule has 1 saturated carbocycles. The van der Waals surface area contributed by atoms with Crippen LogP contribution in [0.15, 0.2) is 24.3 Å². The van der Waals surface area contributed by atoms with Gasteiger partial charge >= 0.3 is 0 Å². The molecule has 6 heteroatoms. The number of aromatic nitrogens is 2. The van der Waals surface area contributed by atoms with Crippen LogP contribution in [0.3, 0.4) is 0 Å². The molecule has 0 atom stereocenters. The topological polar surface area (TPSA) is 49.8 Å². The van der Waals surface area contributed by atoms with Gasteiger partial charge in [0.2, 0.25) is 0 Å². The van der Waals surface area contributed by atoms with E-state index in [0.717, 1.165) is 24.5 Å². The van der Waals surface area contributed by atoms with E-state index in [1.807, 2.05) is 13.1 Å². The van der Waals surface area contributed by atoms with Crippen molar-refractivity contribution >= 4 is 28.9 Å². The first-order valence-corrected chi connectivity index (χ1v) is 6.82. The number of benzene rings is 1. The Labute approximate surface area is 121 Å². The summed E-state index contributed by atoms with van der Waals surface area (Å²) < 4.78 is 13.1. The molecular formula is C14H14ClFN4. The average Bonchev–Trinajstić information content (AvgIpc) is 3.27. The number of anilines is 3. The SMILES string of the molecule is CNc1cc(Nc2ccc(F)c(Cl)c2)nc(C2CC2)n1. The molecule has 1 aromatic heterocycles. The fourth-order valence-corrected chi connectivity index (χ4v) is 2.08. The molecular weight excluding hydrogens is 279 g/mol. The maximum atomic E-state index is 13.1. The van der Waals surface area contributed by atoms with Crippen LogP contribution in [0.1, 0.15) is 24.6 Å². The Morgan fingerprint density at radius 2 is 1.95 bits per heavy atom. The molecule has 4 nitrogen and oxygen atoms in total. The molecule has 0 aliphatic heterocycles. The molecule has 0 unspecified atom stereocenters. The predicted molar refractivity (Wildman–Crippen MR) is 78.2 cm³/mol. The molecule has 2 N–H and O–H groups in total. The van der Waals surface area contributed by atoms with Crippen molar-refractivity contribution in [3.8, 4) is 0 Å². The monoisotopic (exact) mass is 292 g/mol. The van der Waals surface area contributed by atoms with Gasteiger partial charge in [-0.3, -0.25) is 0 Å². The van der Waals surface area contributed by atoms with Gasteiger partial charge in [-0.25, -0.2) is 14.4 Å². The second-order valence-corrected chi connectivity index (χ2v) is 5.18. The second kappa shape index (κ2) is 5.25. The molecule has 104 valence electrons. The summed E-state index contributed by atoms with van der Waals surface area (Å²) in [6.07, 6.45) is 2.27. The van der Waals surface area contributed by atoms with Crippen molar-refractivity contribution in [1.82, 2.24) is 9.97 Å². The number of hydrogen-bond donors (Lipinski definition) is 2. The highest BCUT2D eigenvalue weighted by molar-refractivity contribution is 6.31. The van der Waals surface area contributed by atoms with E-state index in [9.17, 15) is 4.39 Å². The van der Waals surface area contributed by atoms with Gasteiger partial charge in [0.1, 0.15) is 23.3 Å². The number of hydrogen-bond acceptors (Lipinski definition) is 4. The van der Waals surface area contributed by atoms with Gasteiger partial charge in [-0.15, -0.1) is 0 Å². The zero-order chi connectivity index (χ0) is 14.1. The van der Waals surface area contributed by atoms with Crippen molar-refractivity contribution < 1.29 is 4.39 Å². The molecule has 1 fully saturated rings. The lowest BCUT2D eigenvalue weighted by Gasteiger charge is -2.10. The minimum Gasteiger partial charge on any atom is -0.373 e. The van der Waals surface area contributed by atoms with Gasteiger partial charge in [-0.05, 0) is 31.0 Å². The standard InChI is InChI=1S/C14H14ClFN4/c1-17-12-7-13(20-14(19-12)8-2-3-8)18-9-4-5-11(16)10(15)6-9/h4-8H,2-3H2,1H3,(H2,17,18,19,20). The lowest BCUT2D eigenvalue weighted by Crippen LogP contribution is -2.03. The molecule has 1 aliphatic carbocycles. The van der Waals surface area contributed by atoms with E-state index in [0.29, 0.717) is 17.4 Å². The normalized spacial score (nSPS) is 14.2. The van der Waals surface area contributed by atoms with Crippen LogP contribution in [0, 0.1) is 5.82 Å². The smallest absolute Gasteiger partial charge is 0.141 e. The lowest BCUT2D eigenvalue weighted by atomic mass is 10.3. The van der Waals surface area contributed by atoms with Crippen LogP contribution >= 0.6 is 11.6 Å². The lowest BCUT2D eigenvalue weighted by molar-refractivity contribution is 0.628. The minimum absolute atomic E-state index is 0.0836. The Morgan fingerprint density at radius 1 is 1.20 bits per heavy atom. The maximum Gasteiger partial charge on any atom is 0.141 e. The third kappa shape index (κ3) is 2.82. The van der Waals surface area contributed by atoms with Gasteiger partial charge in [0.25, 0.3) is 0 Å². The fraction of sp³-hybridized carbons (Fsp3) is 0.286. The molecule has 20 heavy (non-hydrogen) atoms. The van der Waals surface area contributed by atoms with Crippen LogP contribution in [0.5, 0.6) is 0 Å². The summed E-state index contributed by atoms with van der Waals surface area (Å²) in [4.78, 5) is 8.93. The summed E-state index contributed by atoms with van der Waals surface area (Å²) >= 11 is 5.77. The molecule has 0 saturated heterocycles. The maximum absolute atomic E-state index is 13.1. The summed E-state index contributed by atoms with van der Waals surface area (Å²) in [5, 5.41) is 6.23. The van der Waals surface area contributed by atoms with E-state index in [-0.39, 0.29) is 5.02 Å². The molecule has 0 radical (unpaired) electrons. The van der Waals surface area contributed by atoms with Gasteiger partial charge in [-0.2, -0.15) is 0 Å². The highest BCUT2D eigenvalue weighted by atomic mass is 35.5. The Balaban J connectivity index is 1.88. The summed E-state index contributed by atoms with van der Waals surface area (Å²) in [6, 6.07) is 6.30. The molecule has 0 amide bonds. The number of halogens is 2. The Kier molecular flexibility index (Phi) is 3.44. The van der Waals surface area contributed by atoms with Gasteiger partial charge in [-0.1, -0.05) is 11.6 Å². The van der Waals surface area contributed by atoms with Crippen LogP contribution in [0.4, 0.5) is 21.7 Å². The zero-order valence-corrected chi connectivity index (χ0v) is 11.7. The van der Waals surface area contributed by atoms with Crippen molar-refractivity contribution in [3.05, 3.63) is 40.9 Å². The minimum atomic E-state index is -0.436. The summed E-state index contributed by atoms with van der Waals surface area (Å²) in [5.41, 5.74) is 0.693. The van der Waals surface area contributed by atoms with Crippen molar-refractivity contribution in [2.45, 2.75) is 18.8 Å². The van der Waals surface area contributed by atoms with Gasteiger partial charge in [0.05, 0.1) is 5.02 Å². The number of nitrogens with one attached hydrogen (secondary N) is 2. The largest absolute Gasteiger partial charge is 0.373 e. The van der Waals surface area contributed by atoms with Crippen molar-refractivity contribution in [1.29, 1.82) is 0 Å². The van der Waals surface area contributed by atoms with Crippen molar-refractivity contribution in [2.75, 3.05) is 17.7 Å². The average molecular weight is 293 g/mol. The van der Waals surface area contributed by atoms with Gasteiger partial charge in [0.15, 0.2) is 0 Å². The fourth-order valence-electron chi connectivity index (χ4n) is 1.90. The van der Waals surface area contributed by atoms with Crippen molar-refractivity contribution in [3.63, 3.8) is 0 Å². The molecule has 1 aliphatic rings. The van der Waals surface area contributed by atoms with E-state index in [1.54, 1.807) is 6.07 Å². The first-order valence-electron chi connectivity index (χ1n) is 6.44. The van der Waals surface area contributed by atoms with Gasteiger partial charge < -0.3 is 10.6 Å². The van der Waals surface area contributed by atoms with E-state index in [4.69, 9.17) is 11.6 Å². The van der Waals surface area contributed by atoms with Gasteiger partial charge in [0, 0.05) is 24.7 Å². The van der Waals surface area contributed by atoms with Crippen molar-refractivity contribution in [2.24, 2.45) is 0 Å². The Bertz CT molecular complexity index is 643. The van der Waals surface area contributed by atoms with E-state index >= 15 is 0 Å².